The van der Waals surface area contributed by atoms with Gasteiger partial charge in [0.15, 0.2) is 11.6 Å². The normalized spacial score (nSPS) is 13.3. The first kappa shape index (κ1) is 16.1. The Morgan fingerprint density at radius 1 is 1.21 bits per heavy atom. The molecule has 0 saturated heterocycles. The Kier molecular flexibility index (Phi) is 6.38. The van der Waals surface area contributed by atoms with Gasteiger partial charge in [-0.2, -0.15) is 0 Å². The summed E-state index contributed by atoms with van der Waals surface area (Å²) in [6.07, 6.45) is 0. The van der Waals surface area contributed by atoms with E-state index >= 15 is 0 Å². The van der Waals surface area contributed by atoms with Gasteiger partial charge in [-0.25, -0.2) is 8.78 Å². The molecule has 0 aromatic heterocycles. The summed E-state index contributed by atoms with van der Waals surface area (Å²) in [5.74, 6) is -1.53. The van der Waals surface area contributed by atoms with E-state index in [0.29, 0.717) is 18.2 Å². The number of benzene rings is 1. The maximum Gasteiger partial charge on any atom is 0.163 e. The molecule has 1 N–H and O–H groups in total. The molecule has 2 nitrogen and oxygen atoms in total. The third-order valence-electron chi connectivity index (χ3n) is 3.36. The van der Waals surface area contributed by atoms with Gasteiger partial charge in [-0.1, -0.05) is 26.0 Å². The molecule has 0 amide bonds. The van der Waals surface area contributed by atoms with Crippen LogP contribution in [0.25, 0.3) is 0 Å². The van der Waals surface area contributed by atoms with Crippen molar-refractivity contribution in [3.8, 4) is 0 Å². The van der Waals surface area contributed by atoms with Crippen molar-refractivity contribution in [3.63, 3.8) is 0 Å². The van der Waals surface area contributed by atoms with Crippen LogP contribution in [0.3, 0.4) is 0 Å². The summed E-state index contributed by atoms with van der Waals surface area (Å²) in [4.78, 5) is 2.23. The van der Waals surface area contributed by atoms with Crippen molar-refractivity contribution in [1.29, 1.82) is 0 Å². The largest absolute Gasteiger partial charge is 0.309 e. The highest BCUT2D eigenvalue weighted by Gasteiger charge is 2.20. The molecule has 1 aromatic carbocycles. The molecule has 4 heteroatoms. The van der Waals surface area contributed by atoms with Gasteiger partial charge < -0.3 is 5.32 Å². The molecule has 1 unspecified atom stereocenters. The molecule has 0 fully saturated rings. The zero-order chi connectivity index (χ0) is 14.4. The quantitative estimate of drug-likeness (QED) is 0.817. The topological polar surface area (TPSA) is 15.3 Å². The lowest BCUT2D eigenvalue weighted by Gasteiger charge is -2.30. The summed E-state index contributed by atoms with van der Waals surface area (Å²) in [5, 5.41) is 3.24. The van der Waals surface area contributed by atoms with Crippen LogP contribution in [0.2, 0.25) is 0 Å². The second-order valence-electron chi connectivity index (χ2n) is 4.93. The van der Waals surface area contributed by atoms with E-state index in [-0.39, 0.29) is 6.04 Å². The van der Waals surface area contributed by atoms with Crippen molar-refractivity contribution >= 4 is 0 Å². The number of hydrogen-bond donors (Lipinski definition) is 1. The van der Waals surface area contributed by atoms with E-state index in [4.69, 9.17) is 0 Å². The van der Waals surface area contributed by atoms with Crippen LogP contribution in [0.15, 0.2) is 18.2 Å². The third-order valence-corrected chi connectivity index (χ3v) is 3.36. The maximum absolute atomic E-state index is 13.9. The Balaban J connectivity index is 2.96. The monoisotopic (exact) mass is 270 g/mol. The number of rotatable bonds is 7. The average Bonchev–Trinajstić information content (AvgIpc) is 2.37. The van der Waals surface area contributed by atoms with Gasteiger partial charge >= 0.3 is 0 Å². The summed E-state index contributed by atoms with van der Waals surface area (Å²) in [6, 6.07) is 4.55. The fraction of sp³-hybridized carbons (Fsp3) is 0.600. The lowest BCUT2D eigenvalue weighted by atomic mass is 10.0. The highest BCUT2D eigenvalue weighted by molar-refractivity contribution is 5.23. The predicted octanol–water partition coefficient (Wildman–Crippen LogP) is 3.35. The summed E-state index contributed by atoms with van der Waals surface area (Å²) in [7, 11) is 0. The van der Waals surface area contributed by atoms with Gasteiger partial charge in [0.05, 0.1) is 0 Å². The average molecular weight is 270 g/mol. The van der Waals surface area contributed by atoms with E-state index in [1.807, 2.05) is 6.92 Å². The number of halogens is 2. The summed E-state index contributed by atoms with van der Waals surface area (Å²) in [5.41, 5.74) is 0.404. The SMILES string of the molecule is CCNC(CN(CC)C(C)C)c1cccc(F)c1F. The highest BCUT2D eigenvalue weighted by atomic mass is 19.2. The van der Waals surface area contributed by atoms with Crippen LogP contribution < -0.4 is 5.32 Å². The zero-order valence-electron chi connectivity index (χ0n) is 12.2. The molecule has 0 aliphatic rings. The van der Waals surface area contributed by atoms with Gasteiger partial charge in [0.1, 0.15) is 0 Å². The Hall–Kier alpha value is -1.00. The molecule has 1 rings (SSSR count). The molecule has 0 aliphatic heterocycles. The van der Waals surface area contributed by atoms with Crippen LogP contribution in [0.4, 0.5) is 8.78 Å². The Bertz CT molecular complexity index is 394. The second-order valence-corrected chi connectivity index (χ2v) is 4.93. The van der Waals surface area contributed by atoms with E-state index in [1.54, 1.807) is 12.1 Å². The Morgan fingerprint density at radius 3 is 2.42 bits per heavy atom. The van der Waals surface area contributed by atoms with Gasteiger partial charge in [-0.15, -0.1) is 0 Å². The first-order chi connectivity index (χ1) is 9.01. The van der Waals surface area contributed by atoms with E-state index in [0.717, 1.165) is 19.2 Å². The Labute approximate surface area is 114 Å². The minimum Gasteiger partial charge on any atom is -0.309 e. The number of hydrogen-bond acceptors (Lipinski definition) is 2. The molecule has 1 aromatic rings. The molecular weight excluding hydrogens is 246 g/mol. The first-order valence-electron chi connectivity index (χ1n) is 6.92. The molecular formula is C15H24F2N2. The Morgan fingerprint density at radius 2 is 1.89 bits per heavy atom. The smallest absolute Gasteiger partial charge is 0.163 e. The summed E-state index contributed by atoms with van der Waals surface area (Å²) >= 11 is 0. The van der Waals surface area contributed by atoms with Gasteiger partial charge in [0, 0.05) is 24.2 Å². The number of nitrogens with one attached hydrogen (secondary N) is 1. The van der Waals surface area contributed by atoms with Crippen molar-refractivity contribution in [3.05, 3.63) is 35.4 Å². The molecule has 0 radical (unpaired) electrons. The van der Waals surface area contributed by atoms with Crippen molar-refractivity contribution < 1.29 is 8.78 Å². The van der Waals surface area contributed by atoms with E-state index in [9.17, 15) is 8.78 Å². The van der Waals surface area contributed by atoms with E-state index in [1.165, 1.54) is 0 Å². The molecule has 0 bridgehead atoms. The summed E-state index contributed by atoms with van der Waals surface area (Å²) < 4.78 is 27.2. The van der Waals surface area contributed by atoms with Crippen LogP contribution in [0, 0.1) is 11.6 Å². The number of likely N-dealkylation sites (N-methyl/N-ethyl adjacent to an activating group) is 2. The summed E-state index contributed by atoms with van der Waals surface area (Å²) in [6.45, 7) is 10.5. The predicted molar refractivity (Wildman–Crippen MR) is 75.2 cm³/mol. The minimum atomic E-state index is -0.784. The molecule has 0 saturated carbocycles. The van der Waals surface area contributed by atoms with E-state index in [2.05, 4.69) is 31.0 Å². The minimum absolute atomic E-state index is 0.192. The van der Waals surface area contributed by atoms with Crippen molar-refractivity contribution in [2.75, 3.05) is 19.6 Å². The fourth-order valence-corrected chi connectivity index (χ4v) is 2.25. The second kappa shape index (κ2) is 7.56. The van der Waals surface area contributed by atoms with Crippen molar-refractivity contribution in [2.45, 2.75) is 39.8 Å². The fourth-order valence-electron chi connectivity index (χ4n) is 2.25. The van der Waals surface area contributed by atoms with Crippen LogP contribution >= 0.6 is 0 Å². The van der Waals surface area contributed by atoms with Gasteiger partial charge in [0.25, 0.3) is 0 Å². The van der Waals surface area contributed by atoms with Gasteiger partial charge in [-0.05, 0) is 33.0 Å². The lowest BCUT2D eigenvalue weighted by molar-refractivity contribution is 0.206. The molecule has 0 heterocycles. The van der Waals surface area contributed by atoms with E-state index < -0.39 is 11.6 Å². The molecule has 0 aliphatic carbocycles. The zero-order valence-corrected chi connectivity index (χ0v) is 12.2. The van der Waals surface area contributed by atoms with Crippen molar-refractivity contribution in [2.24, 2.45) is 0 Å². The van der Waals surface area contributed by atoms with Crippen LogP contribution in [0.1, 0.15) is 39.3 Å². The maximum atomic E-state index is 13.9. The molecule has 1 atom stereocenters. The van der Waals surface area contributed by atoms with Crippen LogP contribution in [-0.4, -0.2) is 30.6 Å². The third kappa shape index (κ3) is 4.25. The highest BCUT2D eigenvalue weighted by Crippen LogP contribution is 2.21. The van der Waals surface area contributed by atoms with Gasteiger partial charge in [-0.3, -0.25) is 4.90 Å². The molecule has 0 spiro atoms. The molecule has 108 valence electrons. The lowest BCUT2D eigenvalue weighted by Crippen LogP contribution is -2.39. The number of nitrogens with zero attached hydrogens (tertiary/aromatic N) is 1. The molecule has 19 heavy (non-hydrogen) atoms. The van der Waals surface area contributed by atoms with Crippen molar-refractivity contribution in [1.82, 2.24) is 10.2 Å². The van der Waals surface area contributed by atoms with Gasteiger partial charge in [0.2, 0.25) is 0 Å². The first-order valence-corrected chi connectivity index (χ1v) is 6.92. The van der Waals surface area contributed by atoms with Crippen LogP contribution in [0.5, 0.6) is 0 Å². The van der Waals surface area contributed by atoms with Crippen LogP contribution in [-0.2, 0) is 0 Å². The standard InChI is InChI=1S/C15H24F2N2/c1-5-18-14(10-19(6-2)11(3)4)12-8-7-9-13(16)15(12)17/h7-9,11,14,18H,5-6,10H2,1-4H3.